The van der Waals surface area contributed by atoms with Gasteiger partial charge in [-0.25, -0.2) is 22.3 Å². The molecule has 9 heteroatoms. The van der Waals surface area contributed by atoms with Gasteiger partial charge < -0.3 is 12.9 Å². The number of rotatable bonds is 15. The highest BCUT2D eigenvalue weighted by Gasteiger charge is 2.53. The molecule has 34 heavy (non-hydrogen) atoms. The van der Waals surface area contributed by atoms with Gasteiger partial charge >= 0.3 is 13.1 Å². The Labute approximate surface area is 202 Å². The van der Waals surface area contributed by atoms with Gasteiger partial charge in [-0.15, -0.1) is 6.42 Å². The maximum atomic E-state index is 10.5. The lowest BCUT2D eigenvalue weighted by Crippen LogP contribution is -2.37. The van der Waals surface area contributed by atoms with Gasteiger partial charge in [-0.05, 0) is 25.7 Å². The van der Waals surface area contributed by atoms with Crippen LogP contribution in [0.1, 0.15) is 115 Å². The normalized spacial score (nSPS) is 11.9. The van der Waals surface area contributed by atoms with Crippen LogP contribution in [0.25, 0.3) is 0 Å². The number of unbranched alkanes of at least 4 members (excludes halogenated alkanes) is 9. The van der Waals surface area contributed by atoms with Crippen molar-refractivity contribution in [2.24, 2.45) is 0 Å². The van der Waals surface area contributed by atoms with Crippen molar-refractivity contribution in [2.45, 2.75) is 130 Å². The van der Waals surface area contributed by atoms with E-state index in [0.717, 1.165) is 13.0 Å². The van der Waals surface area contributed by atoms with E-state index >= 15 is 0 Å². The molecule has 0 bridgehead atoms. The second-order valence-corrected chi connectivity index (χ2v) is 8.88. The number of aromatic nitrogens is 2. The van der Waals surface area contributed by atoms with Crippen LogP contribution in [0.5, 0.6) is 0 Å². The smallest absolute Gasteiger partial charge is 0.443 e. The molecule has 1 heterocycles. The van der Waals surface area contributed by atoms with E-state index in [0.29, 0.717) is 6.04 Å². The molecular formula is C25H43BF6N2. The molecule has 0 saturated heterocycles. The molecular weight excluding hydrogens is 453 g/mol. The number of terminal acetylenes is 1. The van der Waals surface area contributed by atoms with Crippen molar-refractivity contribution < 1.29 is 30.7 Å². The van der Waals surface area contributed by atoms with Crippen LogP contribution in [0.15, 0.2) is 6.20 Å². The molecule has 0 saturated carbocycles. The van der Waals surface area contributed by atoms with E-state index in [1.165, 1.54) is 88.6 Å². The Bertz CT molecular complexity index is 688. The third-order valence-corrected chi connectivity index (χ3v) is 6.09. The summed E-state index contributed by atoms with van der Waals surface area (Å²) >= 11 is 0. The molecule has 198 valence electrons. The van der Waals surface area contributed by atoms with Crippen LogP contribution >= 0.6 is 0 Å². The van der Waals surface area contributed by atoms with E-state index in [1.54, 1.807) is 0 Å². The van der Waals surface area contributed by atoms with E-state index in [2.05, 4.69) is 48.9 Å². The fraction of sp³-hybridized carbons (Fsp3) is 0.800. The SMILES string of the molecule is C#CCc1c[n+](CCCCCCCCCCCC)c(C)n1C(CC)CC.F[B-](F)(F)C(F)(F)F. The number of imidazole rings is 1. The van der Waals surface area contributed by atoms with Crippen molar-refractivity contribution in [1.29, 1.82) is 0 Å². The Morgan fingerprint density at radius 1 is 0.912 bits per heavy atom. The Hall–Kier alpha value is -1.59. The van der Waals surface area contributed by atoms with Gasteiger partial charge in [0.1, 0.15) is 12.2 Å². The van der Waals surface area contributed by atoms with E-state index in [-0.39, 0.29) is 0 Å². The Morgan fingerprint density at radius 3 is 1.74 bits per heavy atom. The Kier molecular flexibility index (Phi) is 16.2. The predicted octanol–water partition coefficient (Wildman–Crippen LogP) is 8.48. The zero-order valence-electron chi connectivity index (χ0n) is 21.4. The van der Waals surface area contributed by atoms with Crippen molar-refractivity contribution in [3.05, 3.63) is 17.7 Å². The molecule has 1 aromatic rings. The summed E-state index contributed by atoms with van der Waals surface area (Å²) in [5.41, 5.74) is 1.31. The summed E-state index contributed by atoms with van der Waals surface area (Å²) in [4.78, 5) is 0. The van der Waals surface area contributed by atoms with Crippen molar-refractivity contribution in [3.8, 4) is 12.3 Å². The van der Waals surface area contributed by atoms with E-state index in [1.807, 2.05) is 0 Å². The zero-order chi connectivity index (χ0) is 26.2. The van der Waals surface area contributed by atoms with Gasteiger partial charge in [0.05, 0.1) is 13.0 Å². The minimum absolute atomic E-state index is 0.576. The molecule has 0 aliphatic carbocycles. The summed E-state index contributed by atoms with van der Waals surface area (Å²) in [7, 11) is 0. The molecule has 0 spiro atoms. The van der Waals surface area contributed by atoms with Crippen molar-refractivity contribution in [3.63, 3.8) is 0 Å². The second kappa shape index (κ2) is 16.9. The van der Waals surface area contributed by atoms with Gasteiger partial charge in [-0.1, -0.05) is 78.1 Å². The first-order valence-corrected chi connectivity index (χ1v) is 12.7. The number of nitrogens with zero attached hydrogens (tertiary/aromatic N) is 2. The van der Waals surface area contributed by atoms with Crippen LogP contribution in [0, 0.1) is 19.3 Å². The number of halogens is 6. The van der Waals surface area contributed by atoms with Crippen molar-refractivity contribution >= 4 is 6.98 Å². The highest BCUT2D eigenvalue weighted by Crippen LogP contribution is 2.31. The van der Waals surface area contributed by atoms with Gasteiger partial charge in [0.2, 0.25) is 0 Å². The molecule has 0 aliphatic rings. The first kappa shape index (κ1) is 32.4. The van der Waals surface area contributed by atoms with Gasteiger partial charge in [-0.3, -0.25) is 0 Å². The highest BCUT2D eigenvalue weighted by molar-refractivity contribution is 6.60. The second-order valence-electron chi connectivity index (χ2n) is 8.88. The zero-order valence-corrected chi connectivity index (χ0v) is 21.4. The minimum atomic E-state index is -6.65. The Morgan fingerprint density at radius 2 is 1.35 bits per heavy atom. The molecule has 0 N–H and O–H groups in total. The summed E-state index contributed by atoms with van der Waals surface area (Å²) in [5.74, 6) is 4.22. The number of alkyl halides is 3. The minimum Gasteiger partial charge on any atom is -0.443 e. The third-order valence-electron chi connectivity index (χ3n) is 6.09. The van der Waals surface area contributed by atoms with Crippen LogP contribution in [0.3, 0.4) is 0 Å². The highest BCUT2D eigenvalue weighted by atomic mass is 19.4. The number of hydrogen-bond acceptors (Lipinski definition) is 0. The standard InChI is InChI=1S/C24H43N2.CBF6/c1-6-10-11-12-13-14-15-16-17-18-20-25-21-24(19-7-2)26(22(25)5)23(8-3)9-4;3-1(4,5)2(6,7)8/h2,21,23H,6,8-20H2,1,3-5H3;/q+1;-1. The van der Waals surface area contributed by atoms with Crippen LogP contribution in [0.4, 0.5) is 26.1 Å². The molecule has 0 aliphatic heterocycles. The quantitative estimate of drug-likeness (QED) is 0.0757. The van der Waals surface area contributed by atoms with Crippen LogP contribution in [-0.4, -0.2) is 17.6 Å². The summed E-state index contributed by atoms with van der Waals surface area (Å²) in [6, 6.07) is 0.576. The lowest BCUT2D eigenvalue weighted by Gasteiger charge is -2.16. The van der Waals surface area contributed by atoms with Crippen LogP contribution in [0.2, 0.25) is 0 Å². The molecule has 1 aromatic heterocycles. The maximum absolute atomic E-state index is 10.5. The Balaban J connectivity index is 0.00000116. The molecule has 2 nitrogen and oxygen atoms in total. The molecule has 0 aromatic carbocycles. The topological polar surface area (TPSA) is 8.81 Å². The fourth-order valence-electron chi connectivity index (χ4n) is 4.07. The van der Waals surface area contributed by atoms with Crippen LogP contribution < -0.4 is 4.57 Å². The fourth-order valence-corrected chi connectivity index (χ4v) is 4.07. The first-order valence-electron chi connectivity index (χ1n) is 12.7. The van der Waals surface area contributed by atoms with E-state index in [9.17, 15) is 26.1 Å². The number of hydrogen-bond donors (Lipinski definition) is 0. The molecule has 0 amide bonds. The van der Waals surface area contributed by atoms with Gasteiger partial charge in [0, 0.05) is 6.92 Å². The number of aryl methyl sites for hydroxylation is 1. The maximum Gasteiger partial charge on any atom is 0.583 e. The van der Waals surface area contributed by atoms with E-state index < -0.39 is 13.1 Å². The lowest BCUT2D eigenvalue weighted by atomic mass is 9.92. The molecule has 1 rings (SSSR count). The summed E-state index contributed by atoms with van der Waals surface area (Å²) in [6.07, 6.45) is 18.9. The average molecular weight is 496 g/mol. The van der Waals surface area contributed by atoms with Gasteiger partial charge in [0.15, 0.2) is 5.69 Å². The first-order chi connectivity index (χ1) is 15.9. The summed E-state index contributed by atoms with van der Waals surface area (Å²) in [5, 5.41) is 0. The average Bonchev–Trinajstić information content (AvgIpc) is 3.05. The van der Waals surface area contributed by atoms with Gasteiger partial charge in [-0.2, -0.15) is 0 Å². The van der Waals surface area contributed by atoms with Crippen molar-refractivity contribution in [1.82, 2.24) is 4.57 Å². The lowest BCUT2D eigenvalue weighted by molar-refractivity contribution is -0.703. The summed E-state index contributed by atoms with van der Waals surface area (Å²) in [6.45, 7) is 3.59. The largest absolute Gasteiger partial charge is 0.583 e. The summed E-state index contributed by atoms with van der Waals surface area (Å²) < 4.78 is 67.8. The third kappa shape index (κ3) is 12.2. The van der Waals surface area contributed by atoms with Crippen LogP contribution in [-0.2, 0) is 13.0 Å². The predicted molar refractivity (Wildman–Crippen MR) is 128 cm³/mol. The van der Waals surface area contributed by atoms with Crippen molar-refractivity contribution in [2.75, 3.05) is 0 Å². The monoisotopic (exact) mass is 496 g/mol. The molecule has 0 radical (unpaired) electrons. The molecule has 0 fully saturated rings. The van der Waals surface area contributed by atoms with E-state index in [4.69, 9.17) is 6.42 Å². The van der Waals surface area contributed by atoms with Gasteiger partial charge in [0.25, 0.3) is 5.82 Å². The molecule has 0 atom stereocenters. The molecule has 0 unspecified atom stereocenters.